The van der Waals surface area contributed by atoms with Gasteiger partial charge in [0.15, 0.2) is 0 Å². The standard InChI is InChI=1S/C20H20FN3O4/c1-3-20(13-8-10-14(21)11-9-13)18(26)24(19(27)23-20)12-17(25)22-15-6-4-5-7-16(15)28-2/h4-11H,3,12H2,1-2H3,(H,22,25)(H,23,27). The van der Waals surface area contributed by atoms with Crippen LogP contribution < -0.4 is 15.4 Å². The van der Waals surface area contributed by atoms with Gasteiger partial charge in [0.2, 0.25) is 5.91 Å². The fraction of sp³-hybridized carbons (Fsp3) is 0.250. The highest BCUT2D eigenvalue weighted by molar-refractivity contribution is 6.10. The first kappa shape index (κ1) is 19.3. The van der Waals surface area contributed by atoms with E-state index in [2.05, 4.69) is 10.6 Å². The summed E-state index contributed by atoms with van der Waals surface area (Å²) in [7, 11) is 1.47. The van der Waals surface area contributed by atoms with Gasteiger partial charge in [0.05, 0.1) is 12.8 Å². The van der Waals surface area contributed by atoms with Gasteiger partial charge in [0, 0.05) is 0 Å². The molecule has 28 heavy (non-hydrogen) atoms. The Morgan fingerprint density at radius 2 is 1.86 bits per heavy atom. The van der Waals surface area contributed by atoms with Gasteiger partial charge in [-0.15, -0.1) is 0 Å². The Hall–Kier alpha value is -3.42. The van der Waals surface area contributed by atoms with Gasteiger partial charge in [-0.05, 0) is 36.2 Å². The SMILES string of the molecule is CCC1(c2ccc(F)cc2)NC(=O)N(CC(=O)Nc2ccccc2OC)C1=O. The van der Waals surface area contributed by atoms with Crippen molar-refractivity contribution in [1.29, 1.82) is 0 Å². The highest BCUT2D eigenvalue weighted by atomic mass is 19.1. The maximum Gasteiger partial charge on any atom is 0.325 e. The molecule has 0 spiro atoms. The van der Waals surface area contributed by atoms with Crippen molar-refractivity contribution in [2.75, 3.05) is 19.0 Å². The third kappa shape index (κ3) is 3.40. The first-order valence-corrected chi connectivity index (χ1v) is 8.74. The number of rotatable bonds is 6. The van der Waals surface area contributed by atoms with E-state index in [0.717, 1.165) is 4.90 Å². The summed E-state index contributed by atoms with van der Waals surface area (Å²) in [6.45, 7) is 1.28. The Kier molecular flexibility index (Phi) is 5.30. The fourth-order valence-electron chi connectivity index (χ4n) is 3.22. The summed E-state index contributed by atoms with van der Waals surface area (Å²) in [5.41, 5.74) is -0.431. The summed E-state index contributed by atoms with van der Waals surface area (Å²) < 4.78 is 18.4. The average Bonchev–Trinajstić information content (AvgIpc) is 2.94. The zero-order valence-electron chi connectivity index (χ0n) is 15.5. The van der Waals surface area contributed by atoms with Crippen LogP contribution in [-0.4, -0.2) is 36.4 Å². The molecule has 8 heteroatoms. The highest BCUT2D eigenvalue weighted by Crippen LogP contribution is 2.32. The maximum absolute atomic E-state index is 13.2. The van der Waals surface area contributed by atoms with Crippen LogP contribution in [-0.2, 0) is 15.1 Å². The fourth-order valence-corrected chi connectivity index (χ4v) is 3.22. The van der Waals surface area contributed by atoms with Crippen molar-refractivity contribution >= 4 is 23.5 Å². The lowest BCUT2D eigenvalue weighted by molar-refractivity contribution is -0.134. The minimum Gasteiger partial charge on any atom is -0.495 e. The predicted molar refractivity (Wildman–Crippen MR) is 100 cm³/mol. The number of para-hydroxylation sites is 2. The number of hydrogen-bond acceptors (Lipinski definition) is 4. The second-order valence-electron chi connectivity index (χ2n) is 6.34. The van der Waals surface area contributed by atoms with Crippen molar-refractivity contribution in [3.8, 4) is 5.75 Å². The quantitative estimate of drug-likeness (QED) is 0.749. The topological polar surface area (TPSA) is 87.7 Å². The number of benzene rings is 2. The molecule has 1 heterocycles. The number of halogens is 1. The number of nitrogens with zero attached hydrogens (tertiary/aromatic N) is 1. The van der Waals surface area contributed by atoms with Crippen molar-refractivity contribution in [2.45, 2.75) is 18.9 Å². The largest absolute Gasteiger partial charge is 0.495 e. The molecule has 1 unspecified atom stereocenters. The smallest absolute Gasteiger partial charge is 0.325 e. The van der Waals surface area contributed by atoms with E-state index in [-0.39, 0.29) is 6.42 Å². The van der Waals surface area contributed by atoms with Gasteiger partial charge in [-0.1, -0.05) is 31.2 Å². The number of urea groups is 1. The zero-order valence-corrected chi connectivity index (χ0v) is 15.5. The van der Waals surface area contributed by atoms with E-state index in [9.17, 15) is 18.8 Å². The van der Waals surface area contributed by atoms with Gasteiger partial charge in [-0.2, -0.15) is 0 Å². The monoisotopic (exact) mass is 385 g/mol. The second kappa shape index (κ2) is 7.67. The summed E-state index contributed by atoms with van der Waals surface area (Å²) in [5.74, 6) is -1.08. The summed E-state index contributed by atoms with van der Waals surface area (Å²) >= 11 is 0. The Morgan fingerprint density at radius 3 is 2.50 bits per heavy atom. The summed E-state index contributed by atoms with van der Waals surface area (Å²) in [6.07, 6.45) is 0.258. The molecule has 0 aliphatic carbocycles. The molecule has 1 fully saturated rings. The molecule has 2 aromatic carbocycles. The Bertz CT molecular complexity index is 916. The number of carbonyl (C=O) groups is 3. The number of carbonyl (C=O) groups excluding carboxylic acids is 3. The lowest BCUT2D eigenvalue weighted by atomic mass is 9.87. The molecule has 3 rings (SSSR count). The van der Waals surface area contributed by atoms with E-state index in [1.807, 2.05) is 0 Å². The van der Waals surface area contributed by atoms with Gasteiger partial charge in [0.1, 0.15) is 23.7 Å². The van der Waals surface area contributed by atoms with Crippen LogP contribution in [0.15, 0.2) is 48.5 Å². The van der Waals surface area contributed by atoms with Gasteiger partial charge in [-0.3, -0.25) is 14.5 Å². The number of anilines is 1. The van der Waals surface area contributed by atoms with E-state index in [1.165, 1.54) is 31.4 Å². The maximum atomic E-state index is 13.2. The second-order valence-corrected chi connectivity index (χ2v) is 6.34. The van der Waals surface area contributed by atoms with E-state index < -0.39 is 35.7 Å². The Labute approximate surface area is 161 Å². The van der Waals surface area contributed by atoms with E-state index >= 15 is 0 Å². The Balaban J connectivity index is 1.79. The van der Waals surface area contributed by atoms with Crippen LogP contribution in [0.4, 0.5) is 14.9 Å². The van der Waals surface area contributed by atoms with Crippen LogP contribution in [0, 0.1) is 5.82 Å². The lowest BCUT2D eigenvalue weighted by Gasteiger charge is -2.25. The number of nitrogens with one attached hydrogen (secondary N) is 2. The predicted octanol–water partition coefficient (Wildman–Crippen LogP) is 2.63. The minimum atomic E-state index is -1.32. The molecular weight excluding hydrogens is 365 g/mol. The van der Waals surface area contributed by atoms with Crippen LogP contribution >= 0.6 is 0 Å². The molecule has 7 nitrogen and oxygen atoms in total. The molecule has 1 aliphatic heterocycles. The molecule has 4 amide bonds. The average molecular weight is 385 g/mol. The number of methoxy groups -OCH3 is 1. The van der Waals surface area contributed by atoms with Crippen molar-refractivity contribution < 1.29 is 23.5 Å². The third-order valence-corrected chi connectivity index (χ3v) is 4.73. The van der Waals surface area contributed by atoms with Crippen molar-refractivity contribution in [1.82, 2.24) is 10.2 Å². The summed E-state index contributed by atoms with van der Waals surface area (Å²) in [5, 5.41) is 5.29. The molecule has 146 valence electrons. The number of ether oxygens (including phenoxy) is 1. The number of hydrogen-bond donors (Lipinski definition) is 2. The zero-order chi connectivity index (χ0) is 20.3. The van der Waals surface area contributed by atoms with Crippen LogP contribution in [0.25, 0.3) is 0 Å². The molecule has 0 radical (unpaired) electrons. The van der Waals surface area contributed by atoms with Gasteiger partial charge in [-0.25, -0.2) is 9.18 Å². The summed E-state index contributed by atoms with van der Waals surface area (Å²) in [4.78, 5) is 38.7. The van der Waals surface area contributed by atoms with Crippen molar-refractivity contribution in [3.63, 3.8) is 0 Å². The highest BCUT2D eigenvalue weighted by Gasteiger charge is 2.51. The van der Waals surface area contributed by atoms with Crippen LogP contribution in [0.2, 0.25) is 0 Å². The van der Waals surface area contributed by atoms with Crippen molar-refractivity contribution in [2.24, 2.45) is 0 Å². The normalized spacial score (nSPS) is 18.8. The molecule has 0 aromatic heterocycles. The van der Waals surface area contributed by atoms with Gasteiger partial charge < -0.3 is 15.4 Å². The van der Waals surface area contributed by atoms with Crippen LogP contribution in [0.5, 0.6) is 5.75 Å². The lowest BCUT2D eigenvalue weighted by Crippen LogP contribution is -2.44. The molecule has 1 aliphatic rings. The molecule has 1 atom stereocenters. The van der Waals surface area contributed by atoms with Crippen LogP contribution in [0.1, 0.15) is 18.9 Å². The molecule has 2 aromatic rings. The van der Waals surface area contributed by atoms with E-state index in [4.69, 9.17) is 4.74 Å². The van der Waals surface area contributed by atoms with Gasteiger partial charge in [0.25, 0.3) is 5.91 Å². The molecule has 0 saturated carbocycles. The first-order chi connectivity index (χ1) is 13.4. The van der Waals surface area contributed by atoms with Crippen LogP contribution in [0.3, 0.4) is 0 Å². The number of imide groups is 1. The Morgan fingerprint density at radius 1 is 1.18 bits per heavy atom. The molecule has 2 N–H and O–H groups in total. The molecular formula is C20H20FN3O4. The first-order valence-electron chi connectivity index (χ1n) is 8.74. The molecule has 1 saturated heterocycles. The summed E-state index contributed by atoms with van der Waals surface area (Å²) in [6, 6.07) is 11.5. The number of amides is 4. The van der Waals surface area contributed by atoms with Crippen molar-refractivity contribution in [3.05, 3.63) is 59.9 Å². The minimum absolute atomic E-state index is 0.258. The third-order valence-electron chi connectivity index (χ3n) is 4.73. The van der Waals surface area contributed by atoms with E-state index in [1.54, 1.807) is 31.2 Å². The molecule has 0 bridgehead atoms. The van der Waals surface area contributed by atoms with E-state index in [0.29, 0.717) is 17.0 Å². The van der Waals surface area contributed by atoms with Gasteiger partial charge >= 0.3 is 6.03 Å².